The van der Waals surface area contributed by atoms with Crippen molar-refractivity contribution in [3.8, 4) is 11.5 Å². The SMILES string of the molecule is CCOc1ccc(C2=CC(c3cc(Br)ccc3O)[NH2+]C(c3c(F)cccc3Cl)N2)cc1. The van der Waals surface area contributed by atoms with Gasteiger partial charge >= 0.3 is 0 Å². The Labute approximate surface area is 193 Å². The molecule has 0 bridgehead atoms. The van der Waals surface area contributed by atoms with E-state index in [1.165, 1.54) is 6.07 Å². The average molecular weight is 505 g/mol. The molecule has 4 rings (SSSR count). The molecule has 31 heavy (non-hydrogen) atoms. The summed E-state index contributed by atoms with van der Waals surface area (Å²) in [7, 11) is 0. The van der Waals surface area contributed by atoms with E-state index in [-0.39, 0.29) is 17.6 Å². The van der Waals surface area contributed by atoms with Gasteiger partial charge in [-0.2, -0.15) is 0 Å². The lowest BCUT2D eigenvalue weighted by molar-refractivity contribution is -0.731. The van der Waals surface area contributed by atoms with E-state index in [0.717, 1.165) is 27.0 Å². The highest BCUT2D eigenvalue weighted by molar-refractivity contribution is 9.10. The number of hydrogen-bond donors (Lipinski definition) is 3. The second kappa shape index (κ2) is 9.30. The van der Waals surface area contributed by atoms with Crippen LogP contribution in [0.2, 0.25) is 5.02 Å². The van der Waals surface area contributed by atoms with Gasteiger partial charge in [0.1, 0.15) is 23.4 Å². The van der Waals surface area contributed by atoms with E-state index in [1.807, 2.05) is 48.6 Å². The van der Waals surface area contributed by atoms with Crippen LogP contribution in [-0.2, 0) is 0 Å². The zero-order chi connectivity index (χ0) is 22.0. The maximum Gasteiger partial charge on any atom is 0.190 e. The maximum atomic E-state index is 14.7. The zero-order valence-corrected chi connectivity index (χ0v) is 19.1. The van der Waals surface area contributed by atoms with Gasteiger partial charge in [-0.15, -0.1) is 0 Å². The highest BCUT2D eigenvalue weighted by atomic mass is 79.9. The van der Waals surface area contributed by atoms with Gasteiger partial charge in [0.05, 0.1) is 22.8 Å². The Balaban J connectivity index is 1.78. The lowest BCUT2D eigenvalue weighted by atomic mass is 9.97. The van der Waals surface area contributed by atoms with Gasteiger partial charge in [-0.3, -0.25) is 0 Å². The smallest absolute Gasteiger partial charge is 0.190 e. The Bertz CT molecular complexity index is 1100. The van der Waals surface area contributed by atoms with E-state index in [2.05, 4.69) is 21.2 Å². The number of benzene rings is 3. The van der Waals surface area contributed by atoms with Crippen molar-refractivity contribution >= 4 is 33.2 Å². The highest BCUT2D eigenvalue weighted by Crippen LogP contribution is 2.33. The first-order valence-corrected chi connectivity index (χ1v) is 11.1. The van der Waals surface area contributed by atoms with Crippen LogP contribution in [0.5, 0.6) is 11.5 Å². The molecule has 2 unspecified atom stereocenters. The molecule has 0 spiro atoms. The first-order chi connectivity index (χ1) is 15.0. The number of phenolic OH excluding ortho intramolecular Hbond substituents is 1. The zero-order valence-electron chi connectivity index (χ0n) is 16.8. The lowest BCUT2D eigenvalue weighted by Gasteiger charge is -2.30. The van der Waals surface area contributed by atoms with Crippen LogP contribution in [0.4, 0.5) is 4.39 Å². The summed E-state index contributed by atoms with van der Waals surface area (Å²) in [5.74, 6) is 0.572. The third-order valence-electron chi connectivity index (χ3n) is 5.19. The molecule has 4 nitrogen and oxygen atoms in total. The summed E-state index contributed by atoms with van der Waals surface area (Å²) in [5, 5.41) is 16.2. The number of phenols is 1. The highest BCUT2D eigenvalue weighted by Gasteiger charge is 2.32. The van der Waals surface area contributed by atoms with Gasteiger partial charge in [-0.05, 0) is 67.1 Å². The summed E-state index contributed by atoms with van der Waals surface area (Å²) >= 11 is 9.84. The molecule has 0 amide bonds. The predicted octanol–water partition coefficient (Wildman–Crippen LogP) is 5.29. The van der Waals surface area contributed by atoms with Crippen LogP contribution in [0.15, 0.2) is 71.2 Å². The number of halogens is 3. The number of quaternary nitrogens is 1. The number of aromatic hydroxyl groups is 1. The summed E-state index contributed by atoms with van der Waals surface area (Å²) in [4.78, 5) is 0. The molecule has 0 saturated carbocycles. The second-order valence-electron chi connectivity index (χ2n) is 7.22. The Morgan fingerprint density at radius 3 is 2.65 bits per heavy atom. The van der Waals surface area contributed by atoms with Crippen molar-refractivity contribution in [2.24, 2.45) is 0 Å². The van der Waals surface area contributed by atoms with Gasteiger partial charge in [0.25, 0.3) is 0 Å². The largest absolute Gasteiger partial charge is 0.507 e. The summed E-state index contributed by atoms with van der Waals surface area (Å²) in [5.41, 5.74) is 2.84. The number of ether oxygens (including phenoxy) is 1. The van der Waals surface area contributed by atoms with Crippen LogP contribution >= 0.6 is 27.5 Å². The molecule has 1 heterocycles. The predicted molar refractivity (Wildman–Crippen MR) is 123 cm³/mol. The van der Waals surface area contributed by atoms with Crippen LogP contribution in [0, 0.1) is 5.82 Å². The molecule has 0 radical (unpaired) electrons. The third kappa shape index (κ3) is 4.71. The monoisotopic (exact) mass is 503 g/mol. The van der Waals surface area contributed by atoms with Gasteiger partial charge in [-0.25, -0.2) is 4.39 Å². The second-order valence-corrected chi connectivity index (χ2v) is 8.54. The van der Waals surface area contributed by atoms with Crippen LogP contribution in [0.25, 0.3) is 5.70 Å². The first-order valence-electron chi connectivity index (χ1n) is 9.95. The standard InChI is InChI=1S/C24H21BrClFN2O2/c1-2-31-16-9-6-14(7-10-16)20-13-21(17-12-15(25)8-11-22(17)30)29-24(28-20)23-18(26)4-3-5-19(23)27/h3-13,21,24,28-30H,2H2,1H3/p+1. The first kappa shape index (κ1) is 21.7. The molecule has 3 aromatic carbocycles. The van der Waals surface area contributed by atoms with Gasteiger partial charge in [0.15, 0.2) is 6.17 Å². The summed E-state index contributed by atoms with van der Waals surface area (Å²) in [6.07, 6.45) is 1.53. The Morgan fingerprint density at radius 1 is 1.16 bits per heavy atom. The summed E-state index contributed by atoms with van der Waals surface area (Å²) in [6.45, 7) is 2.53. The maximum absolute atomic E-state index is 14.7. The van der Waals surface area contributed by atoms with Crippen LogP contribution < -0.4 is 15.4 Å². The van der Waals surface area contributed by atoms with Crippen molar-refractivity contribution in [3.63, 3.8) is 0 Å². The van der Waals surface area contributed by atoms with E-state index in [1.54, 1.807) is 24.3 Å². The van der Waals surface area contributed by atoms with E-state index in [4.69, 9.17) is 16.3 Å². The summed E-state index contributed by atoms with van der Waals surface area (Å²) < 4.78 is 21.1. The molecule has 7 heteroatoms. The molecule has 0 aliphatic carbocycles. The number of rotatable bonds is 5. The number of nitrogens with two attached hydrogens (primary N) is 1. The van der Waals surface area contributed by atoms with Crippen molar-refractivity contribution < 1.29 is 19.6 Å². The molecular formula is C24H22BrClFN2O2+. The molecule has 0 aromatic heterocycles. The van der Waals surface area contributed by atoms with E-state index < -0.39 is 6.17 Å². The van der Waals surface area contributed by atoms with E-state index in [9.17, 15) is 9.50 Å². The fraction of sp³-hybridized carbons (Fsp3) is 0.167. The molecule has 0 fully saturated rings. The fourth-order valence-corrected chi connectivity index (χ4v) is 4.40. The van der Waals surface area contributed by atoms with Crippen LogP contribution in [0.3, 0.4) is 0 Å². The quantitative estimate of drug-likeness (QED) is 0.442. The molecule has 1 aliphatic heterocycles. The molecular weight excluding hydrogens is 483 g/mol. The third-order valence-corrected chi connectivity index (χ3v) is 6.02. The van der Waals surface area contributed by atoms with Crippen molar-refractivity contribution in [2.45, 2.75) is 19.1 Å². The minimum Gasteiger partial charge on any atom is -0.507 e. The normalized spacial score (nSPS) is 18.3. The number of hydrogen-bond acceptors (Lipinski definition) is 3. The van der Waals surface area contributed by atoms with Crippen LogP contribution in [0.1, 0.15) is 35.8 Å². The van der Waals surface area contributed by atoms with Crippen molar-refractivity contribution in [1.82, 2.24) is 5.32 Å². The molecule has 2 atom stereocenters. The Hall–Kier alpha value is -2.54. The average Bonchev–Trinajstić information content (AvgIpc) is 2.76. The topological polar surface area (TPSA) is 58.1 Å². The fourth-order valence-electron chi connectivity index (χ4n) is 3.75. The van der Waals surface area contributed by atoms with Crippen molar-refractivity contribution in [2.75, 3.05) is 6.61 Å². The van der Waals surface area contributed by atoms with Gasteiger partial charge < -0.3 is 20.5 Å². The Kier molecular flexibility index (Phi) is 6.51. The van der Waals surface area contributed by atoms with E-state index in [0.29, 0.717) is 17.2 Å². The lowest BCUT2D eigenvalue weighted by Crippen LogP contribution is -2.90. The van der Waals surface area contributed by atoms with Gasteiger partial charge in [0.2, 0.25) is 0 Å². The molecule has 1 aliphatic rings. The molecule has 0 saturated heterocycles. The van der Waals surface area contributed by atoms with Crippen molar-refractivity contribution in [1.29, 1.82) is 0 Å². The minimum atomic E-state index is -0.483. The minimum absolute atomic E-state index is 0.173. The van der Waals surface area contributed by atoms with Crippen LogP contribution in [-0.4, -0.2) is 11.7 Å². The van der Waals surface area contributed by atoms with Crippen molar-refractivity contribution in [3.05, 3.63) is 98.7 Å². The number of nitrogens with one attached hydrogen (secondary N) is 1. The molecule has 160 valence electrons. The summed E-state index contributed by atoms with van der Waals surface area (Å²) in [6, 6.07) is 17.4. The van der Waals surface area contributed by atoms with Gasteiger partial charge in [-0.1, -0.05) is 33.6 Å². The van der Waals surface area contributed by atoms with Gasteiger partial charge in [0, 0.05) is 16.2 Å². The Morgan fingerprint density at radius 2 is 1.94 bits per heavy atom. The van der Waals surface area contributed by atoms with E-state index >= 15 is 0 Å². The molecule has 4 N–H and O–H groups in total. The molecule has 3 aromatic rings.